The van der Waals surface area contributed by atoms with Crippen LogP contribution in [0.4, 0.5) is 0 Å². The number of carbonyl (C=O) groups excluding carboxylic acids is 2. The summed E-state index contributed by atoms with van der Waals surface area (Å²) >= 11 is 1.04. The summed E-state index contributed by atoms with van der Waals surface area (Å²) in [6.45, 7) is 1.76. The Morgan fingerprint density at radius 1 is 1.19 bits per heavy atom. The number of nitrogens with zero attached hydrogens (tertiary/aromatic N) is 1. The molecule has 1 aliphatic rings. The van der Waals surface area contributed by atoms with Crippen LogP contribution in [0.5, 0.6) is 0 Å². The van der Waals surface area contributed by atoms with Crippen LogP contribution in [0.25, 0.3) is 17.5 Å². The predicted molar refractivity (Wildman–Crippen MR) is 111 cm³/mol. The molecule has 3 aromatic heterocycles. The molecule has 0 saturated carbocycles. The average molecular weight is 442 g/mol. The number of furan rings is 2. The van der Waals surface area contributed by atoms with E-state index in [1.807, 2.05) is 0 Å². The lowest BCUT2D eigenvalue weighted by Crippen LogP contribution is -2.41. The number of rotatable bonds is 5. The van der Waals surface area contributed by atoms with Crippen LogP contribution >= 0.6 is 11.3 Å². The predicted octanol–water partition coefficient (Wildman–Crippen LogP) is 0.736. The van der Waals surface area contributed by atoms with E-state index >= 15 is 0 Å². The molecule has 1 aliphatic heterocycles. The highest BCUT2D eigenvalue weighted by molar-refractivity contribution is 7.07. The third-order valence-corrected chi connectivity index (χ3v) is 5.80. The Morgan fingerprint density at radius 2 is 1.94 bits per heavy atom. The van der Waals surface area contributed by atoms with Crippen molar-refractivity contribution >= 4 is 40.7 Å². The molecule has 160 valence electrons. The minimum absolute atomic E-state index is 0.0626. The first kappa shape index (κ1) is 20.5. The zero-order valence-electron chi connectivity index (χ0n) is 16.6. The first-order chi connectivity index (χ1) is 15.0. The van der Waals surface area contributed by atoms with Gasteiger partial charge in [-0.25, -0.2) is 9.59 Å². The number of carbonyl (C=O) groups is 2. The minimum atomic E-state index is -1.00. The molecule has 4 rings (SSSR count). The van der Waals surface area contributed by atoms with Gasteiger partial charge in [0, 0.05) is 6.08 Å². The highest BCUT2D eigenvalue weighted by Crippen LogP contribution is 2.37. The van der Waals surface area contributed by atoms with Gasteiger partial charge >= 0.3 is 11.9 Å². The fourth-order valence-corrected chi connectivity index (χ4v) is 4.55. The number of fused-ring (bicyclic) bond motifs is 1. The van der Waals surface area contributed by atoms with Gasteiger partial charge in [0.1, 0.15) is 22.0 Å². The number of ether oxygens (including phenoxy) is 2. The van der Waals surface area contributed by atoms with Crippen molar-refractivity contribution < 1.29 is 27.9 Å². The van der Waals surface area contributed by atoms with Gasteiger partial charge in [-0.15, -0.1) is 11.3 Å². The van der Waals surface area contributed by atoms with Crippen LogP contribution in [0.1, 0.15) is 24.4 Å². The Hall–Kier alpha value is -3.79. The fraction of sp³-hybridized carbons (Fsp3) is 0.190. The first-order valence-electron chi connectivity index (χ1n) is 9.28. The molecule has 0 radical (unpaired) electrons. The summed E-state index contributed by atoms with van der Waals surface area (Å²) in [4.78, 5) is 38.9. The lowest BCUT2D eigenvalue weighted by molar-refractivity contribution is -0.136. The Balaban J connectivity index is 2.13. The van der Waals surface area contributed by atoms with Crippen molar-refractivity contribution in [1.29, 1.82) is 0 Å². The van der Waals surface area contributed by atoms with E-state index < -0.39 is 23.4 Å². The van der Waals surface area contributed by atoms with Crippen molar-refractivity contribution in [3.05, 3.63) is 73.4 Å². The van der Waals surface area contributed by atoms with Crippen LogP contribution in [0, 0.1) is 0 Å². The summed E-state index contributed by atoms with van der Waals surface area (Å²) in [5.41, 5.74) is 5.76. The molecular formula is C21H18N2O7S. The van der Waals surface area contributed by atoms with Crippen LogP contribution < -0.4 is 20.5 Å². The molecule has 0 aliphatic carbocycles. The molecule has 1 atom stereocenters. The molecule has 1 unspecified atom stereocenters. The topological polar surface area (TPSA) is 127 Å². The second-order valence-corrected chi connectivity index (χ2v) is 7.48. The lowest BCUT2D eigenvalue weighted by atomic mass is 9.87. The van der Waals surface area contributed by atoms with E-state index in [1.54, 1.807) is 31.2 Å². The van der Waals surface area contributed by atoms with E-state index in [9.17, 15) is 14.4 Å². The maximum absolute atomic E-state index is 13.2. The van der Waals surface area contributed by atoms with Crippen molar-refractivity contribution in [1.82, 2.24) is 4.57 Å². The third kappa shape index (κ3) is 3.40. The highest BCUT2D eigenvalue weighted by atomic mass is 32.1. The number of hydrogen-bond donors (Lipinski definition) is 1. The molecule has 0 bridgehead atoms. The second kappa shape index (κ2) is 8.15. The van der Waals surface area contributed by atoms with Crippen LogP contribution in [-0.4, -0.2) is 30.2 Å². The number of methoxy groups -OCH3 is 1. The number of esters is 2. The molecule has 3 aromatic rings. The van der Waals surface area contributed by atoms with E-state index in [0.717, 1.165) is 15.9 Å². The van der Waals surface area contributed by atoms with Crippen molar-refractivity contribution in [2.45, 2.75) is 12.8 Å². The average Bonchev–Trinajstić information content (AvgIpc) is 3.50. The molecule has 10 heteroatoms. The fourth-order valence-electron chi connectivity index (χ4n) is 3.41. The summed E-state index contributed by atoms with van der Waals surface area (Å²) in [6, 6.07) is 6.60. The second-order valence-electron chi connectivity index (χ2n) is 6.44. The lowest BCUT2D eigenvalue weighted by Gasteiger charge is -2.24. The Bertz CT molecular complexity index is 1340. The van der Waals surface area contributed by atoms with Gasteiger partial charge in [0.25, 0.3) is 5.56 Å². The third-order valence-electron chi connectivity index (χ3n) is 4.69. The molecule has 9 nitrogen and oxygen atoms in total. The van der Waals surface area contributed by atoms with Crippen LogP contribution in [0.3, 0.4) is 0 Å². The van der Waals surface area contributed by atoms with Crippen molar-refractivity contribution in [3.63, 3.8) is 0 Å². The van der Waals surface area contributed by atoms with Gasteiger partial charge in [-0.1, -0.05) is 0 Å². The maximum atomic E-state index is 13.2. The van der Waals surface area contributed by atoms with E-state index in [4.69, 9.17) is 24.0 Å². The van der Waals surface area contributed by atoms with Gasteiger partial charge in [-0.05, 0) is 31.2 Å². The Kier molecular flexibility index (Phi) is 5.38. The normalized spacial score (nSPS) is 16.4. The van der Waals surface area contributed by atoms with Crippen LogP contribution in [-0.2, 0) is 19.1 Å². The smallest absolute Gasteiger partial charge is 0.338 e. The Labute approximate surface area is 179 Å². The minimum Gasteiger partial charge on any atom is -0.468 e. The maximum Gasteiger partial charge on any atom is 0.338 e. The number of hydrogen-bond acceptors (Lipinski definition) is 9. The first-order valence-corrected chi connectivity index (χ1v) is 10.1. The van der Waals surface area contributed by atoms with Gasteiger partial charge < -0.3 is 24.0 Å². The molecule has 0 fully saturated rings. The molecule has 31 heavy (non-hydrogen) atoms. The molecule has 0 amide bonds. The van der Waals surface area contributed by atoms with Gasteiger partial charge in [0.15, 0.2) is 0 Å². The van der Waals surface area contributed by atoms with Gasteiger partial charge in [-0.2, -0.15) is 0 Å². The monoisotopic (exact) mass is 442 g/mol. The molecule has 0 spiro atoms. The molecule has 4 heterocycles. The number of nitrogens with two attached hydrogens (primary N) is 1. The van der Waals surface area contributed by atoms with Crippen LogP contribution in [0.2, 0.25) is 0 Å². The van der Waals surface area contributed by atoms with Gasteiger partial charge in [-0.3, -0.25) is 9.36 Å². The summed E-state index contributed by atoms with van der Waals surface area (Å²) in [5, 5.41) is 0. The van der Waals surface area contributed by atoms with E-state index in [2.05, 4.69) is 0 Å². The van der Waals surface area contributed by atoms with Crippen molar-refractivity contribution in [2.75, 3.05) is 13.7 Å². The van der Waals surface area contributed by atoms with Crippen LogP contribution in [0.15, 0.2) is 56.0 Å². The van der Waals surface area contributed by atoms with Gasteiger partial charge in [0.2, 0.25) is 0 Å². The van der Waals surface area contributed by atoms with Crippen molar-refractivity contribution in [2.24, 2.45) is 5.73 Å². The molecule has 0 saturated heterocycles. The summed E-state index contributed by atoms with van der Waals surface area (Å²) in [6.07, 6.45) is 4.42. The van der Waals surface area contributed by atoms with Gasteiger partial charge in [0.05, 0.1) is 47.8 Å². The zero-order chi connectivity index (χ0) is 22.1. The quantitative estimate of drug-likeness (QED) is 0.573. The van der Waals surface area contributed by atoms with Crippen molar-refractivity contribution in [3.8, 4) is 0 Å². The summed E-state index contributed by atoms with van der Waals surface area (Å²) in [7, 11) is 1.19. The Morgan fingerprint density at radius 3 is 2.55 bits per heavy atom. The highest BCUT2D eigenvalue weighted by Gasteiger charge is 2.41. The molecular weight excluding hydrogens is 424 g/mol. The molecule has 0 aromatic carbocycles. The standard InChI is InChI=1S/C21H18N2O7S/c1-3-28-21(26)16-14(12-7-5-9-30-12)15(20(25)27-2)17(22)23-18(24)13(31-19(16)23)10-11-6-4-8-29-11/h4-10,14H,3,22H2,1-2H3. The number of thiazole rings is 1. The summed E-state index contributed by atoms with van der Waals surface area (Å²) < 4.78 is 22.6. The number of aromatic nitrogens is 1. The molecule has 2 N–H and O–H groups in total. The van der Waals surface area contributed by atoms with E-state index in [-0.39, 0.29) is 38.5 Å². The largest absolute Gasteiger partial charge is 0.468 e. The summed E-state index contributed by atoms with van der Waals surface area (Å²) in [5.74, 6) is -1.90. The van der Waals surface area contributed by atoms with E-state index in [0.29, 0.717) is 5.76 Å². The SMILES string of the molecule is CCOC(=O)C1=c2sc(=Cc3ccco3)c(=O)n2C(N)=C(C(=O)OC)C1c1ccco1. The zero-order valence-corrected chi connectivity index (χ0v) is 17.4. The van der Waals surface area contributed by atoms with E-state index in [1.165, 1.54) is 25.7 Å².